The molecule has 0 aliphatic rings. The summed E-state index contributed by atoms with van der Waals surface area (Å²) in [7, 11) is 0. The molecule has 16 heavy (non-hydrogen) atoms. The molecule has 1 aromatic rings. The molecule has 1 atom stereocenters. The minimum absolute atomic E-state index is 0.736. The summed E-state index contributed by atoms with van der Waals surface area (Å²) in [5.41, 5.74) is 8.34. The van der Waals surface area contributed by atoms with Crippen molar-refractivity contribution >= 4 is 11.8 Å². The van der Waals surface area contributed by atoms with Gasteiger partial charge in [0.2, 0.25) is 0 Å². The summed E-state index contributed by atoms with van der Waals surface area (Å²) < 4.78 is 0. The third-order valence-electron chi connectivity index (χ3n) is 2.96. The summed E-state index contributed by atoms with van der Waals surface area (Å²) in [5, 5.41) is 0. The van der Waals surface area contributed by atoms with Crippen molar-refractivity contribution in [3.8, 4) is 0 Å². The highest BCUT2D eigenvalue weighted by Gasteiger charge is 2.03. The lowest BCUT2D eigenvalue weighted by atomic mass is 10.1. The zero-order chi connectivity index (χ0) is 12.0. The summed E-state index contributed by atoms with van der Waals surface area (Å²) in [4.78, 5) is 1.39. The fraction of sp³-hybridized carbons (Fsp3) is 0.571. The number of hydrogen-bond acceptors (Lipinski definition) is 2. The standard InChI is InChI=1S/C14H23NS/c1-4-11(2)10-16-14-6-5-13(7-8-15)12(3)9-14/h5-6,9,11H,4,7-8,10,15H2,1-3H3. The highest BCUT2D eigenvalue weighted by Crippen LogP contribution is 2.24. The average Bonchev–Trinajstić information content (AvgIpc) is 2.29. The molecule has 0 aliphatic carbocycles. The predicted molar refractivity (Wildman–Crippen MR) is 74.1 cm³/mol. The second-order valence-corrected chi connectivity index (χ2v) is 5.54. The van der Waals surface area contributed by atoms with Crippen LogP contribution in [0.2, 0.25) is 0 Å². The molecule has 0 saturated carbocycles. The van der Waals surface area contributed by atoms with E-state index < -0.39 is 0 Å². The van der Waals surface area contributed by atoms with Gasteiger partial charge in [-0.3, -0.25) is 0 Å². The van der Waals surface area contributed by atoms with E-state index in [4.69, 9.17) is 5.73 Å². The molecule has 2 N–H and O–H groups in total. The Bertz CT molecular complexity index is 323. The van der Waals surface area contributed by atoms with Crippen LogP contribution in [0.5, 0.6) is 0 Å². The van der Waals surface area contributed by atoms with E-state index in [0.717, 1.165) is 18.9 Å². The molecule has 0 spiro atoms. The van der Waals surface area contributed by atoms with Crippen molar-refractivity contribution in [3.63, 3.8) is 0 Å². The van der Waals surface area contributed by atoms with Gasteiger partial charge < -0.3 is 5.73 Å². The summed E-state index contributed by atoms with van der Waals surface area (Å²) in [6, 6.07) is 6.74. The summed E-state index contributed by atoms with van der Waals surface area (Å²) in [6.07, 6.45) is 2.25. The Kier molecular flexibility index (Phi) is 5.93. The first-order chi connectivity index (χ1) is 7.67. The highest BCUT2D eigenvalue weighted by molar-refractivity contribution is 7.99. The van der Waals surface area contributed by atoms with Crippen molar-refractivity contribution in [2.75, 3.05) is 12.3 Å². The van der Waals surface area contributed by atoms with Gasteiger partial charge in [-0.1, -0.05) is 26.3 Å². The molecule has 0 saturated heterocycles. The van der Waals surface area contributed by atoms with E-state index in [1.54, 1.807) is 0 Å². The van der Waals surface area contributed by atoms with E-state index in [1.807, 2.05) is 11.8 Å². The monoisotopic (exact) mass is 237 g/mol. The number of benzene rings is 1. The molecule has 0 aliphatic heterocycles. The van der Waals surface area contributed by atoms with E-state index >= 15 is 0 Å². The summed E-state index contributed by atoms with van der Waals surface area (Å²) >= 11 is 1.96. The van der Waals surface area contributed by atoms with Crippen LogP contribution in [0.15, 0.2) is 23.1 Å². The van der Waals surface area contributed by atoms with E-state index in [9.17, 15) is 0 Å². The fourth-order valence-corrected chi connectivity index (χ4v) is 2.69. The first kappa shape index (κ1) is 13.6. The van der Waals surface area contributed by atoms with Gasteiger partial charge in [0.25, 0.3) is 0 Å². The second-order valence-electron chi connectivity index (χ2n) is 4.45. The lowest BCUT2D eigenvalue weighted by molar-refractivity contribution is 0.637. The van der Waals surface area contributed by atoms with Crippen LogP contribution in [-0.2, 0) is 6.42 Å². The molecular weight excluding hydrogens is 214 g/mol. The molecule has 1 unspecified atom stereocenters. The van der Waals surface area contributed by atoms with Gasteiger partial charge >= 0.3 is 0 Å². The van der Waals surface area contributed by atoms with Crippen molar-refractivity contribution in [2.45, 2.75) is 38.5 Å². The maximum Gasteiger partial charge on any atom is 0.00748 e. The zero-order valence-electron chi connectivity index (χ0n) is 10.6. The number of thioether (sulfide) groups is 1. The number of aryl methyl sites for hydroxylation is 1. The Balaban J connectivity index is 2.59. The van der Waals surface area contributed by atoms with E-state index in [-0.39, 0.29) is 0 Å². The molecule has 0 aromatic heterocycles. The van der Waals surface area contributed by atoms with Crippen molar-refractivity contribution < 1.29 is 0 Å². The highest BCUT2D eigenvalue weighted by atomic mass is 32.2. The Hall–Kier alpha value is -0.470. The van der Waals surface area contributed by atoms with Crippen LogP contribution in [0, 0.1) is 12.8 Å². The SMILES string of the molecule is CCC(C)CSc1ccc(CCN)c(C)c1. The predicted octanol–water partition coefficient (Wildman–Crippen LogP) is 3.63. The third kappa shape index (κ3) is 4.18. The molecule has 1 aromatic carbocycles. The van der Waals surface area contributed by atoms with Gasteiger partial charge in [-0.15, -0.1) is 11.8 Å². The van der Waals surface area contributed by atoms with E-state index in [1.165, 1.54) is 28.2 Å². The van der Waals surface area contributed by atoms with Crippen molar-refractivity contribution in [1.82, 2.24) is 0 Å². The Morgan fingerprint density at radius 3 is 2.69 bits per heavy atom. The van der Waals surface area contributed by atoms with Crippen LogP contribution < -0.4 is 5.73 Å². The average molecular weight is 237 g/mol. The normalized spacial score (nSPS) is 12.8. The quantitative estimate of drug-likeness (QED) is 0.765. The molecule has 0 bridgehead atoms. The second kappa shape index (κ2) is 6.97. The van der Waals surface area contributed by atoms with Crippen molar-refractivity contribution in [2.24, 2.45) is 11.7 Å². The molecule has 1 rings (SSSR count). The van der Waals surface area contributed by atoms with Gasteiger partial charge in [-0.05, 0) is 49.1 Å². The molecule has 0 fully saturated rings. The zero-order valence-corrected chi connectivity index (χ0v) is 11.4. The summed E-state index contributed by atoms with van der Waals surface area (Å²) in [5.74, 6) is 2.01. The van der Waals surface area contributed by atoms with Crippen LogP contribution in [0.4, 0.5) is 0 Å². The molecule has 0 amide bonds. The van der Waals surface area contributed by atoms with Gasteiger partial charge in [0, 0.05) is 10.6 Å². The molecule has 0 heterocycles. The number of hydrogen-bond donors (Lipinski definition) is 1. The van der Waals surface area contributed by atoms with Gasteiger partial charge in [0.05, 0.1) is 0 Å². The van der Waals surface area contributed by atoms with Gasteiger partial charge in [-0.2, -0.15) is 0 Å². The molecule has 90 valence electrons. The first-order valence-electron chi connectivity index (χ1n) is 6.09. The molecular formula is C14H23NS. The fourth-order valence-electron chi connectivity index (χ4n) is 1.55. The van der Waals surface area contributed by atoms with Crippen molar-refractivity contribution in [1.29, 1.82) is 0 Å². The lowest BCUT2D eigenvalue weighted by Crippen LogP contribution is -2.04. The number of rotatable bonds is 6. The minimum Gasteiger partial charge on any atom is -0.330 e. The largest absolute Gasteiger partial charge is 0.330 e. The van der Waals surface area contributed by atoms with Gasteiger partial charge in [0.1, 0.15) is 0 Å². The van der Waals surface area contributed by atoms with Crippen LogP contribution in [-0.4, -0.2) is 12.3 Å². The van der Waals surface area contributed by atoms with Gasteiger partial charge in [-0.25, -0.2) is 0 Å². The molecule has 0 radical (unpaired) electrons. The summed E-state index contributed by atoms with van der Waals surface area (Å²) in [6.45, 7) is 7.47. The maximum absolute atomic E-state index is 5.58. The number of nitrogens with two attached hydrogens (primary N) is 1. The topological polar surface area (TPSA) is 26.0 Å². The van der Waals surface area contributed by atoms with E-state index in [2.05, 4.69) is 39.0 Å². The molecule has 2 heteroatoms. The Morgan fingerprint density at radius 1 is 1.38 bits per heavy atom. The Morgan fingerprint density at radius 2 is 2.12 bits per heavy atom. The maximum atomic E-state index is 5.58. The smallest absolute Gasteiger partial charge is 0.00748 e. The third-order valence-corrected chi connectivity index (χ3v) is 4.28. The van der Waals surface area contributed by atoms with Crippen LogP contribution in [0.3, 0.4) is 0 Å². The van der Waals surface area contributed by atoms with Crippen molar-refractivity contribution in [3.05, 3.63) is 29.3 Å². The van der Waals surface area contributed by atoms with Crippen LogP contribution >= 0.6 is 11.8 Å². The van der Waals surface area contributed by atoms with Crippen LogP contribution in [0.25, 0.3) is 0 Å². The first-order valence-corrected chi connectivity index (χ1v) is 7.08. The molecule has 1 nitrogen and oxygen atoms in total. The van der Waals surface area contributed by atoms with Crippen LogP contribution in [0.1, 0.15) is 31.4 Å². The lowest BCUT2D eigenvalue weighted by Gasteiger charge is -2.10. The Labute approximate surface area is 104 Å². The minimum atomic E-state index is 0.736. The van der Waals surface area contributed by atoms with Gasteiger partial charge in [0.15, 0.2) is 0 Å². The van der Waals surface area contributed by atoms with E-state index in [0.29, 0.717) is 0 Å².